The number of carbonyl (C=O) groups is 1. The first-order valence-electron chi connectivity index (χ1n) is 3.66. The molecule has 0 unspecified atom stereocenters. The van der Waals surface area contributed by atoms with Gasteiger partial charge in [-0.1, -0.05) is 0 Å². The summed E-state index contributed by atoms with van der Waals surface area (Å²) in [6.45, 7) is 3.50. The number of carboxylic acid groups (broad SMARTS) is 1. The van der Waals surface area contributed by atoms with Crippen LogP contribution in [-0.4, -0.2) is 46.3 Å². The molecule has 0 aromatic carbocycles. The maximum Gasteiger partial charge on any atom is 0.304 e. The summed E-state index contributed by atoms with van der Waals surface area (Å²) in [6, 6.07) is 0. The number of rotatable bonds is 3. The molecular weight excluding hydrogens is 146 g/mol. The summed E-state index contributed by atoms with van der Waals surface area (Å²) in [5.41, 5.74) is -0.585. The minimum atomic E-state index is -0.781. The standard InChI is InChI=1S/C7H13NO3/c1-7(11)4-8(5-7)3-2-6(9)10/h11H,2-5H2,1H3,(H,9,10). The second kappa shape index (κ2) is 2.79. The van der Waals surface area contributed by atoms with Crippen LogP contribution < -0.4 is 0 Å². The molecule has 0 atom stereocenters. The van der Waals surface area contributed by atoms with Crippen molar-refractivity contribution in [3.63, 3.8) is 0 Å². The molecule has 1 saturated heterocycles. The van der Waals surface area contributed by atoms with Gasteiger partial charge in [0.05, 0.1) is 12.0 Å². The molecule has 0 aromatic heterocycles. The Hall–Kier alpha value is -0.610. The second-order valence-corrected chi connectivity index (χ2v) is 3.35. The smallest absolute Gasteiger partial charge is 0.304 e. The maximum atomic E-state index is 10.1. The van der Waals surface area contributed by atoms with Crippen molar-refractivity contribution >= 4 is 5.97 Å². The van der Waals surface area contributed by atoms with Gasteiger partial charge in [0, 0.05) is 19.6 Å². The Morgan fingerprint density at radius 3 is 2.55 bits per heavy atom. The van der Waals surface area contributed by atoms with Crippen LogP contribution in [0.25, 0.3) is 0 Å². The lowest BCUT2D eigenvalue weighted by atomic mass is 9.97. The van der Waals surface area contributed by atoms with Crippen molar-refractivity contribution < 1.29 is 15.0 Å². The number of hydrogen-bond acceptors (Lipinski definition) is 3. The Morgan fingerprint density at radius 2 is 2.18 bits per heavy atom. The lowest BCUT2D eigenvalue weighted by Gasteiger charge is -2.44. The van der Waals surface area contributed by atoms with E-state index >= 15 is 0 Å². The fourth-order valence-electron chi connectivity index (χ4n) is 1.33. The van der Waals surface area contributed by atoms with Gasteiger partial charge in [-0.25, -0.2) is 0 Å². The van der Waals surface area contributed by atoms with Gasteiger partial charge in [0.2, 0.25) is 0 Å². The number of aliphatic hydroxyl groups is 1. The van der Waals surface area contributed by atoms with Crippen molar-refractivity contribution in [3.8, 4) is 0 Å². The molecule has 0 amide bonds. The first-order chi connectivity index (χ1) is 4.99. The van der Waals surface area contributed by atoms with E-state index in [4.69, 9.17) is 5.11 Å². The normalized spacial score (nSPS) is 22.7. The van der Waals surface area contributed by atoms with Gasteiger partial charge in [-0.2, -0.15) is 0 Å². The molecule has 0 saturated carbocycles. The topological polar surface area (TPSA) is 60.8 Å². The van der Waals surface area contributed by atoms with E-state index in [9.17, 15) is 9.90 Å². The number of carboxylic acids is 1. The van der Waals surface area contributed by atoms with Gasteiger partial charge >= 0.3 is 5.97 Å². The highest BCUT2D eigenvalue weighted by atomic mass is 16.4. The van der Waals surface area contributed by atoms with E-state index in [1.54, 1.807) is 6.92 Å². The number of nitrogens with zero attached hydrogens (tertiary/aromatic N) is 1. The van der Waals surface area contributed by atoms with Crippen LogP contribution in [0.2, 0.25) is 0 Å². The summed E-state index contributed by atoms with van der Waals surface area (Å²) >= 11 is 0. The van der Waals surface area contributed by atoms with Crippen molar-refractivity contribution in [2.45, 2.75) is 18.9 Å². The second-order valence-electron chi connectivity index (χ2n) is 3.35. The molecule has 0 spiro atoms. The molecule has 1 fully saturated rings. The number of β-amino-alcohol motifs (C(OH)–C–C–N with tert-alkyl or cyclic N) is 1. The molecule has 1 aliphatic heterocycles. The van der Waals surface area contributed by atoms with E-state index in [2.05, 4.69) is 0 Å². The Morgan fingerprint density at radius 1 is 1.64 bits per heavy atom. The molecule has 1 rings (SSSR count). The van der Waals surface area contributed by atoms with E-state index in [0.717, 1.165) is 0 Å². The van der Waals surface area contributed by atoms with Crippen molar-refractivity contribution in [1.82, 2.24) is 4.90 Å². The highest BCUT2D eigenvalue weighted by molar-refractivity contribution is 5.66. The molecule has 1 aliphatic rings. The Balaban J connectivity index is 2.09. The Kier molecular flexibility index (Phi) is 2.15. The van der Waals surface area contributed by atoms with Crippen LogP contribution in [0.3, 0.4) is 0 Å². The third-order valence-electron chi connectivity index (χ3n) is 1.77. The predicted octanol–water partition coefficient (Wildman–Crippen LogP) is -0.472. The van der Waals surface area contributed by atoms with Crippen LogP contribution >= 0.6 is 0 Å². The number of likely N-dealkylation sites (tertiary alicyclic amines) is 1. The molecular formula is C7H13NO3. The quantitative estimate of drug-likeness (QED) is 0.584. The summed E-state index contributed by atoms with van der Waals surface area (Å²) in [7, 11) is 0. The van der Waals surface area contributed by atoms with Gasteiger partial charge in [0.25, 0.3) is 0 Å². The van der Waals surface area contributed by atoms with Crippen LogP contribution in [0.1, 0.15) is 13.3 Å². The van der Waals surface area contributed by atoms with E-state index < -0.39 is 11.6 Å². The average Bonchev–Trinajstić information content (AvgIpc) is 1.78. The highest BCUT2D eigenvalue weighted by Gasteiger charge is 2.35. The maximum absolute atomic E-state index is 10.1. The molecule has 0 aliphatic carbocycles. The van der Waals surface area contributed by atoms with Gasteiger partial charge in [-0.05, 0) is 6.92 Å². The number of aliphatic carboxylic acids is 1. The van der Waals surface area contributed by atoms with Gasteiger partial charge < -0.3 is 10.2 Å². The van der Waals surface area contributed by atoms with E-state index in [1.165, 1.54) is 0 Å². The summed E-state index contributed by atoms with van der Waals surface area (Å²) in [4.78, 5) is 12.0. The molecule has 4 nitrogen and oxygen atoms in total. The minimum Gasteiger partial charge on any atom is -0.481 e. The van der Waals surface area contributed by atoms with Crippen molar-refractivity contribution in [2.24, 2.45) is 0 Å². The molecule has 64 valence electrons. The zero-order valence-electron chi connectivity index (χ0n) is 6.58. The van der Waals surface area contributed by atoms with E-state index in [0.29, 0.717) is 19.6 Å². The molecule has 0 aromatic rings. The fraction of sp³-hybridized carbons (Fsp3) is 0.857. The first kappa shape index (κ1) is 8.49. The Labute approximate surface area is 65.4 Å². The van der Waals surface area contributed by atoms with Gasteiger partial charge in [0.1, 0.15) is 0 Å². The lowest BCUT2D eigenvalue weighted by Crippen LogP contribution is -2.59. The SMILES string of the molecule is CC1(O)CN(CCC(=O)O)C1. The summed E-state index contributed by atoms with van der Waals surface area (Å²) in [5, 5.41) is 17.6. The average molecular weight is 159 g/mol. The molecule has 2 N–H and O–H groups in total. The van der Waals surface area contributed by atoms with Gasteiger partial charge in [-0.15, -0.1) is 0 Å². The van der Waals surface area contributed by atoms with E-state index in [-0.39, 0.29) is 6.42 Å². The monoisotopic (exact) mass is 159 g/mol. The minimum absolute atomic E-state index is 0.163. The molecule has 11 heavy (non-hydrogen) atoms. The fourth-order valence-corrected chi connectivity index (χ4v) is 1.33. The third kappa shape index (κ3) is 2.48. The van der Waals surface area contributed by atoms with Crippen molar-refractivity contribution in [3.05, 3.63) is 0 Å². The Bertz CT molecular complexity index is 159. The highest BCUT2D eigenvalue weighted by Crippen LogP contribution is 2.19. The van der Waals surface area contributed by atoms with Crippen molar-refractivity contribution in [2.75, 3.05) is 19.6 Å². The van der Waals surface area contributed by atoms with Crippen LogP contribution in [0.15, 0.2) is 0 Å². The molecule has 0 bridgehead atoms. The summed E-state index contributed by atoms with van der Waals surface area (Å²) in [6.07, 6.45) is 0.163. The zero-order valence-corrected chi connectivity index (χ0v) is 6.58. The summed E-state index contributed by atoms with van der Waals surface area (Å²) in [5.74, 6) is -0.781. The summed E-state index contributed by atoms with van der Waals surface area (Å²) < 4.78 is 0. The zero-order chi connectivity index (χ0) is 8.48. The lowest BCUT2D eigenvalue weighted by molar-refractivity contribution is -0.139. The van der Waals surface area contributed by atoms with Crippen LogP contribution in [0.4, 0.5) is 0 Å². The van der Waals surface area contributed by atoms with Crippen LogP contribution in [0.5, 0.6) is 0 Å². The van der Waals surface area contributed by atoms with E-state index in [1.807, 2.05) is 4.90 Å². The molecule has 0 radical (unpaired) electrons. The van der Waals surface area contributed by atoms with Gasteiger partial charge in [0.15, 0.2) is 0 Å². The number of hydrogen-bond donors (Lipinski definition) is 2. The van der Waals surface area contributed by atoms with Crippen molar-refractivity contribution in [1.29, 1.82) is 0 Å². The van der Waals surface area contributed by atoms with Gasteiger partial charge in [-0.3, -0.25) is 9.69 Å². The van der Waals surface area contributed by atoms with Crippen LogP contribution in [-0.2, 0) is 4.79 Å². The first-order valence-corrected chi connectivity index (χ1v) is 3.66. The molecule has 1 heterocycles. The third-order valence-corrected chi connectivity index (χ3v) is 1.77. The predicted molar refractivity (Wildman–Crippen MR) is 39.3 cm³/mol. The van der Waals surface area contributed by atoms with Crippen LogP contribution in [0, 0.1) is 0 Å². The molecule has 4 heteroatoms. The largest absolute Gasteiger partial charge is 0.481 e.